The highest BCUT2D eigenvalue weighted by Gasteiger charge is 2.37. The second-order valence-electron chi connectivity index (χ2n) is 10.0. The van der Waals surface area contributed by atoms with Crippen LogP contribution in [0.15, 0.2) is 77.4 Å². The molecule has 0 atom stereocenters. The molecule has 226 valence electrons. The van der Waals surface area contributed by atoms with E-state index in [2.05, 4.69) is 46.7 Å². The molecule has 12 heteroatoms. The van der Waals surface area contributed by atoms with Crippen molar-refractivity contribution in [2.24, 2.45) is 0 Å². The van der Waals surface area contributed by atoms with Crippen molar-refractivity contribution in [1.82, 2.24) is 14.9 Å². The Labute approximate surface area is 256 Å². The van der Waals surface area contributed by atoms with Crippen LogP contribution in [0.4, 0.5) is 35.3 Å². The molecule has 0 saturated carbocycles. The normalized spacial score (nSPS) is 11.3. The highest BCUT2D eigenvalue weighted by Crippen LogP contribution is 2.42. The molecule has 0 fully saturated rings. The lowest BCUT2D eigenvalue weighted by Gasteiger charge is -2.19. The number of ether oxygens (including phenoxy) is 1. The van der Waals surface area contributed by atoms with E-state index in [1.165, 1.54) is 18.2 Å². The smallest absolute Gasteiger partial charge is 0.419 e. The number of hydrogen-bond donors (Lipinski definition) is 3. The van der Waals surface area contributed by atoms with E-state index in [0.29, 0.717) is 38.9 Å². The van der Waals surface area contributed by atoms with E-state index in [9.17, 15) is 18.0 Å². The molecule has 0 unspecified atom stereocenters. The minimum Gasteiger partial charge on any atom is -0.439 e. The van der Waals surface area contributed by atoms with Gasteiger partial charge in [0.2, 0.25) is 11.8 Å². The summed E-state index contributed by atoms with van der Waals surface area (Å²) in [5.41, 5.74) is 0.0756. The van der Waals surface area contributed by atoms with Gasteiger partial charge >= 0.3 is 12.2 Å². The number of carbonyl (C=O) groups is 1. The number of rotatable bonds is 11. The first kappa shape index (κ1) is 31.8. The molecule has 2 amide bonds. The number of carbonyl (C=O) groups excluding carboxylic acids is 1. The number of nitrogens with zero attached hydrogens (tertiary/aromatic N) is 3. The fourth-order valence-electron chi connectivity index (χ4n) is 4.33. The molecule has 43 heavy (non-hydrogen) atoms. The van der Waals surface area contributed by atoms with Gasteiger partial charge in [-0.1, -0.05) is 40.2 Å². The number of amides is 2. The maximum Gasteiger partial charge on any atom is 0.419 e. The molecule has 4 aromatic rings. The molecular weight excluding hydrogens is 625 g/mol. The van der Waals surface area contributed by atoms with Gasteiger partial charge in [0, 0.05) is 29.0 Å². The Morgan fingerprint density at radius 3 is 2.47 bits per heavy atom. The van der Waals surface area contributed by atoms with Crippen LogP contribution in [0.1, 0.15) is 24.0 Å². The van der Waals surface area contributed by atoms with Crippen LogP contribution in [0, 0.1) is 6.92 Å². The van der Waals surface area contributed by atoms with Crippen LogP contribution in [-0.2, 0) is 6.18 Å². The summed E-state index contributed by atoms with van der Waals surface area (Å²) in [4.78, 5) is 23.6. The zero-order valence-corrected chi connectivity index (χ0v) is 25.5. The third-order valence-electron chi connectivity index (χ3n) is 6.35. The quantitative estimate of drug-likeness (QED) is 0.140. The molecule has 8 nitrogen and oxygen atoms in total. The number of benzene rings is 3. The Kier molecular flexibility index (Phi) is 10.6. The molecular formula is C31H32BrF3N6O2. The minimum atomic E-state index is -4.71. The van der Waals surface area contributed by atoms with Crippen LogP contribution in [0.3, 0.4) is 0 Å². The summed E-state index contributed by atoms with van der Waals surface area (Å²) >= 11 is 3.30. The van der Waals surface area contributed by atoms with Gasteiger partial charge in [0.15, 0.2) is 0 Å². The van der Waals surface area contributed by atoms with Crippen molar-refractivity contribution in [2.45, 2.75) is 25.9 Å². The number of aryl methyl sites for hydroxylation is 1. The highest BCUT2D eigenvalue weighted by molar-refractivity contribution is 9.10. The van der Waals surface area contributed by atoms with Crippen molar-refractivity contribution in [2.75, 3.05) is 43.1 Å². The van der Waals surface area contributed by atoms with Crippen molar-refractivity contribution >= 4 is 39.3 Å². The maximum atomic E-state index is 14.2. The zero-order valence-electron chi connectivity index (χ0n) is 23.9. The van der Waals surface area contributed by atoms with Gasteiger partial charge in [-0.05, 0) is 93.5 Å². The third-order valence-corrected chi connectivity index (χ3v) is 6.84. The SMILES string of the molecule is Cc1cc(Oc2ccnc(NCCCCN(C)C)n2)ccc1NC(=O)Nc1cccc(-c2cccc(Br)c2)c1C(F)(F)F. The summed E-state index contributed by atoms with van der Waals surface area (Å²) in [6.45, 7) is 3.49. The lowest BCUT2D eigenvalue weighted by molar-refractivity contribution is -0.136. The number of anilines is 3. The highest BCUT2D eigenvalue weighted by atomic mass is 79.9. The van der Waals surface area contributed by atoms with Crippen LogP contribution in [0.25, 0.3) is 11.1 Å². The summed E-state index contributed by atoms with van der Waals surface area (Å²) in [5.74, 6) is 1.27. The number of hydrogen-bond acceptors (Lipinski definition) is 6. The molecule has 0 spiro atoms. The van der Waals surface area contributed by atoms with Crippen molar-refractivity contribution in [1.29, 1.82) is 0 Å². The van der Waals surface area contributed by atoms with E-state index < -0.39 is 17.8 Å². The topological polar surface area (TPSA) is 91.4 Å². The lowest BCUT2D eigenvalue weighted by atomic mass is 9.97. The predicted octanol–water partition coefficient (Wildman–Crippen LogP) is 8.42. The third kappa shape index (κ3) is 9.16. The van der Waals surface area contributed by atoms with Gasteiger partial charge < -0.3 is 25.6 Å². The number of aromatic nitrogens is 2. The molecule has 4 rings (SSSR count). The molecule has 1 heterocycles. The molecule has 0 radical (unpaired) electrons. The molecule has 0 aliphatic heterocycles. The Hall–Kier alpha value is -4.16. The largest absolute Gasteiger partial charge is 0.439 e. The number of urea groups is 1. The summed E-state index contributed by atoms with van der Waals surface area (Å²) in [5, 5.41) is 8.18. The van der Waals surface area contributed by atoms with Crippen molar-refractivity contribution in [3.63, 3.8) is 0 Å². The predicted molar refractivity (Wildman–Crippen MR) is 167 cm³/mol. The standard InChI is InChI=1S/C31H32BrF3N6O2/c1-20-18-23(43-27-14-16-37-29(40-27)36-15-4-5-17-41(2)3)12-13-25(20)38-30(42)39-26-11-7-10-24(28(26)31(33,34)35)21-8-6-9-22(32)19-21/h6-14,16,18-19H,4-5,15,17H2,1-3H3,(H,36,37,40)(H2,38,39,42). The Morgan fingerprint density at radius 1 is 0.977 bits per heavy atom. The minimum absolute atomic E-state index is 0.0447. The van der Waals surface area contributed by atoms with Crippen LogP contribution < -0.4 is 20.7 Å². The van der Waals surface area contributed by atoms with Crippen molar-refractivity contribution < 1.29 is 22.7 Å². The van der Waals surface area contributed by atoms with E-state index in [4.69, 9.17) is 4.74 Å². The van der Waals surface area contributed by atoms with E-state index in [1.54, 1.807) is 61.7 Å². The Bertz CT molecular complexity index is 1570. The lowest BCUT2D eigenvalue weighted by Crippen LogP contribution is -2.22. The summed E-state index contributed by atoms with van der Waals surface area (Å²) < 4.78 is 49.1. The molecule has 3 aromatic carbocycles. The van der Waals surface area contributed by atoms with Crippen LogP contribution in [0.2, 0.25) is 0 Å². The van der Waals surface area contributed by atoms with Gasteiger partial charge in [0.05, 0.1) is 11.3 Å². The summed E-state index contributed by atoms with van der Waals surface area (Å²) in [7, 11) is 4.07. The monoisotopic (exact) mass is 656 g/mol. The molecule has 0 saturated heterocycles. The van der Waals surface area contributed by atoms with Crippen LogP contribution in [-0.4, -0.2) is 48.1 Å². The maximum absolute atomic E-state index is 14.2. The van der Waals surface area contributed by atoms with Gasteiger partial charge in [-0.2, -0.15) is 18.2 Å². The summed E-state index contributed by atoms with van der Waals surface area (Å²) in [6, 6.07) is 16.4. The van der Waals surface area contributed by atoms with E-state index in [0.717, 1.165) is 25.9 Å². The van der Waals surface area contributed by atoms with Crippen LogP contribution in [0.5, 0.6) is 11.6 Å². The Balaban J connectivity index is 1.42. The summed E-state index contributed by atoms with van der Waals surface area (Å²) in [6.07, 6.45) is -1.09. The van der Waals surface area contributed by atoms with E-state index in [1.807, 2.05) is 14.1 Å². The average molecular weight is 658 g/mol. The molecule has 3 N–H and O–H groups in total. The molecule has 0 aliphatic carbocycles. The molecule has 0 aliphatic rings. The van der Waals surface area contributed by atoms with Gasteiger partial charge in [-0.3, -0.25) is 0 Å². The fraction of sp³-hybridized carbons (Fsp3) is 0.258. The van der Waals surface area contributed by atoms with Gasteiger partial charge in [-0.25, -0.2) is 9.78 Å². The number of nitrogens with one attached hydrogen (secondary N) is 3. The first-order chi connectivity index (χ1) is 20.5. The number of halogens is 4. The van der Waals surface area contributed by atoms with E-state index >= 15 is 0 Å². The second kappa shape index (κ2) is 14.3. The molecule has 1 aromatic heterocycles. The number of alkyl halides is 3. The van der Waals surface area contributed by atoms with Gasteiger partial charge in [0.1, 0.15) is 5.75 Å². The fourth-order valence-corrected chi connectivity index (χ4v) is 4.73. The van der Waals surface area contributed by atoms with Crippen LogP contribution >= 0.6 is 15.9 Å². The first-order valence-electron chi connectivity index (χ1n) is 13.5. The van der Waals surface area contributed by atoms with Crippen molar-refractivity contribution in [3.8, 4) is 22.8 Å². The van der Waals surface area contributed by atoms with Gasteiger partial charge in [0.25, 0.3) is 0 Å². The first-order valence-corrected chi connectivity index (χ1v) is 14.3. The average Bonchev–Trinajstić information content (AvgIpc) is 2.94. The van der Waals surface area contributed by atoms with E-state index in [-0.39, 0.29) is 11.3 Å². The van der Waals surface area contributed by atoms with Gasteiger partial charge in [-0.15, -0.1) is 0 Å². The number of unbranched alkanes of at least 4 members (excludes halogenated alkanes) is 1. The Morgan fingerprint density at radius 2 is 1.74 bits per heavy atom. The second-order valence-corrected chi connectivity index (χ2v) is 11.0. The molecule has 0 bridgehead atoms. The van der Waals surface area contributed by atoms with Crippen molar-refractivity contribution in [3.05, 3.63) is 88.5 Å². The zero-order chi connectivity index (χ0) is 31.0.